The standard InChI is InChI=1S/C11H12FN3O/c1-7-5-11(15(2)14-7)16-10-6-8(12)3-4-9(10)13/h3-6H,13H2,1-2H3. The molecule has 1 heterocycles. The van der Waals surface area contributed by atoms with Gasteiger partial charge < -0.3 is 10.5 Å². The first-order chi connectivity index (χ1) is 7.56. The topological polar surface area (TPSA) is 53.1 Å². The number of nitrogens with zero attached hydrogens (tertiary/aromatic N) is 2. The molecule has 0 spiro atoms. The van der Waals surface area contributed by atoms with Crippen LogP contribution in [0.2, 0.25) is 0 Å². The maximum Gasteiger partial charge on any atom is 0.217 e. The first-order valence-corrected chi connectivity index (χ1v) is 4.80. The van der Waals surface area contributed by atoms with Gasteiger partial charge in [0.25, 0.3) is 0 Å². The van der Waals surface area contributed by atoms with E-state index in [1.807, 2.05) is 6.92 Å². The number of aryl methyl sites for hydroxylation is 2. The van der Waals surface area contributed by atoms with Gasteiger partial charge in [0.1, 0.15) is 5.82 Å². The molecule has 0 unspecified atom stereocenters. The Kier molecular flexibility index (Phi) is 2.52. The minimum atomic E-state index is -0.386. The molecular weight excluding hydrogens is 209 g/mol. The molecule has 0 saturated heterocycles. The number of benzene rings is 1. The summed E-state index contributed by atoms with van der Waals surface area (Å²) in [5, 5.41) is 4.12. The summed E-state index contributed by atoms with van der Waals surface area (Å²) < 4.78 is 20.0. The van der Waals surface area contributed by atoms with Crippen molar-refractivity contribution >= 4 is 5.69 Å². The molecule has 0 saturated carbocycles. The number of rotatable bonds is 2. The van der Waals surface area contributed by atoms with Crippen molar-refractivity contribution in [1.82, 2.24) is 9.78 Å². The Morgan fingerprint density at radius 1 is 1.38 bits per heavy atom. The van der Waals surface area contributed by atoms with E-state index in [9.17, 15) is 4.39 Å². The van der Waals surface area contributed by atoms with Crippen LogP contribution in [0.25, 0.3) is 0 Å². The van der Waals surface area contributed by atoms with E-state index in [1.165, 1.54) is 18.2 Å². The van der Waals surface area contributed by atoms with Crippen LogP contribution >= 0.6 is 0 Å². The Morgan fingerprint density at radius 3 is 2.75 bits per heavy atom. The number of hydrogen-bond donors (Lipinski definition) is 1. The van der Waals surface area contributed by atoms with Gasteiger partial charge in [-0.25, -0.2) is 9.07 Å². The average molecular weight is 221 g/mol. The normalized spacial score (nSPS) is 10.4. The summed E-state index contributed by atoms with van der Waals surface area (Å²) in [6.07, 6.45) is 0. The van der Waals surface area contributed by atoms with Gasteiger partial charge in [-0.05, 0) is 19.1 Å². The minimum Gasteiger partial charge on any atom is -0.437 e. The molecule has 84 valence electrons. The van der Waals surface area contributed by atoms with E-state index < -0.39 is 0 Å². The number of nitrogens with two attached hydrogens (primary N) is 1. The van der Waals surface area contributed by atoms with Gasteiger partial charge in [-0.3, -0.25) is 0 Å². The fraction of sp³-hybridized carbons (Fsp3) is 0.182. The van der Waals surface area contributed by atoms with Crippen LogP contribution in [-0.4, -0.2) is 9.78 Å². The molecule has 0 aliphatic heterocycles. The zero-order chi connectivity index (χ0) is 11.7. The molecule has 0 aliphatic carbocycles. The lowest BCUT2D eigenvalue weighted by Crippen LogP contribution is -1.98. The molecule has 16 heavy (non-hydrogen) atoms. The lowest BCUT2D eigenvalue weighted by molar-refractivity contribution is 0.429. The van der Waals surface area contributed by atoms with Crippen molar-refractivity contribution in [1.29, 1.82) is 0 Å². The molecule has 0 bridgehead atoms. The number of anilines is 1. The molecule has 0 aliphatic rings. The van der Waals surface area contributed by atoms with Crippen LogP contribution in [-0.2, 0) is 7.05 Å². The van der Waals surface area contributed by atoms with E-state index in [2.05, 4.69) is 5.10 Å². The Morgan fingerprint density at radius 2 is 2.12 bits per heavy atom. The molecule has 5 heteroatoms. The molecular formula is C11H12FN3O. The third-order valence-corrected chi connectivity index (χ3v) is 2.15. The summed E-state index contributed by atoms with van der Waals surface area (Å²) >= 11 is 0. The van der Waals surface area contributed by atoms with Crippen LogP contribution in [0, 0.1) is 12.7 Å². The van der Waals surface area contributed by atoms with Crippen molar-refractivity contribution in [3.05, 3.63) is 35.8 Å². The van der Waals surface area contributed by atoms with Gasteiger partial charge in [0.05, 0.1) is 11.4 Å². The van der Waals surface area contributed by atoms with Gasteiger partial charge >= 0.3 is 0 Å². The van der Waals surface area contributed by atoms with Gasteiger partial charge in [0.2, 0.25) is 5.88 Å². The van der Waals surface area contributed by atoms with Gasteiger partial charge in [-0.1, -0.05) is 0 Å². The summed E-state index contributed by atoms with van der Waals surface area (Å²) in [4.78, 5) is 0. The zero-order valence-electron chi connectivity index (χ0n) is 9.07. The molecule has 2 rings (SSSR count). The Balaban J connectivity index is 2.33. The van der Waals surface area contributed by atoms with Crippen LogP contribution in [0.15, 0.2) is 24.3 Å². The van der Waals surface area contributed by atoms with Gasteiger partial charge in [-0.2, -0.15) is 5.10 Å². The van der Waals surface area contributed by atoms with Crippen molar-refractivity contribution in [3.8, 4) is 11.6 Å². The highest BCUT2D eigenvalue weighted by Gasteiger charge is 2.08. The summed E-state index contributed by atoms with van der Waals surface area (Å²) in [6, 6.07) is 5.76. The number of aromatic nitrogens is 2. The first kappa shape index (κ1) is 10.5. The maximum absolute atomic E-state index is 13.0. The summed E-state index contributed by atoms with van der Waals surface area (Å²) in [5.41, 5.74) is 6.89. The van der Waals surface area contributed by atoms with E-state index in [0.717, 1.165) is 5.69 Å². The van der Waals surface area contributed by atoms with Crippen LogP contribution in [0.3, 0.4) is 0 Å². The van der Waals surface area contributed by atoms with Crippen molar-refractivity contribution in [2.24, 2.45) is 7.05 Å². The maximum atomic E-state index is 13.0. The number of hydrogen-bond acceptors (Lipinski definition) is 3. The van der Waals surface area contributed by atoms with Crippen LogP contribution in [0.4, 0.5) is 10.1 Å². The Hall–Kier alpha value is -2.04. The van der Waals surface area contributed by atoms with Gasteiger partial charge in [0, 0.05) is 19.2 Å². The molecule has 0 amide bonds. The van der Waals surface area contributed by atoms with E-state index in [4.69, 9.17) is 10.5 Å². The largest absolute Gasteiger partial charge is 0.437 e. The molecule has 2 aromatic rings. The van der Waals surface area contributed by atoms with Gasteiger partial charge in [0.15, 0.2) is 5.75 Å². The molecule has 0 fully saturated rings. The highest BCUT2D eigenvalue weighted by molar-refractivity contribution is 5.53. The summed E-state index contributed by atoms with van der Waals surface area (Å²) in [6.45, 7) is 1.85. The zero-order valence-corrected chi connectivity index (χ0v) is 9.07. The van der Waals surface area contributed by atoms with E-state index in [0.29, 0.717) is 17.3 Å². The van der Waals surface area contributed by atoms with Crippen molar-refractivity contribution in [2.45, 2.75) is 6.92 Å². The molecule has 0 atom stereocenters. The average Bonchev–Trinajstić information content (AvgIpc) is 2.51. The fourth-order valence-electron chi connectivity index (χ4n) is 1.39. The van der Waals surface area contributed by atoms with E-state index in [1.54, 1.807) is 17.8 Å². The quantitative estimate of drug-likeness (QED) is 0.791. The van der Waals surface area contributed by atoms with Crippen molar-refractivity contribution in [2.75, 3.05) is 5.73 Å². The van der Waals surface area contributed by atoms with Crippen LogP contribution in [0.1, 0.15) is 5.69 Å². The predicted octanol–water partition coefficient (Wildman–Crippen LogP) is 2.24. The molecule has 4 nitrogen and oxygen atoms in total. The third kappa shape index (κ3) is 1.98. The van der Waals surface area contributed by atoms with Crippen molar-refractivity contribution in [3.63, 3.8) is 0 Å². The van der Waals surface area contributed by atoms with Crippen LogP contribution in [0.5, 0.6) is 11.6 Å². The Bertz CT molecular complexity index is 522. The second kappa shape index (κ2) is 3.84. The number of ether oxygens (including phenoxy) is 1. The third-order valence-electron chi connectivity index (χ3n) is 2.15. The monoisotopic (exact) mass is 221 g/mol. The van der Waals surface area contributed by atoms with Crippen LogP contribution < -0.4 is 10.5 Å². The smallest absolute Gasteiger partial charge is 0.217 e. The SMILES string of the molecule is Cc1cc(Oc2cc(F)ccc2N)n(C)n1. The highest BCUT2D eigenvalue weighted by atomic mass is 19.1. The second-order valence-corrected chi connectivity index (χ2v) is 3.53. The lowest BCUT2D eigenvalue weighted by Gasteiger charge is -2.07. The van der Waals surface area contributed by atoms with Gasteiger partial charge in [-0.15, -0.1) is 0 Å². The molecule has 1 aromatic carbocycles. The molecule has 1 aromatic heterocycles. The summed E-state index contributed by atoms with van der Waals surface area (Å²) in [5.74, 6) is 0.431. The highest BCUT2D eigenvalue weighted by Crippen LogP contribution is 2.27. The minimum absolute atomic E-state index is 0.294. The Labute approximate surface area is 92.4 Å². The molecule has 0 radical (unpaired) electrons. The number of halogens is 1. The van der Waals surface area contributed by atoms with E-state index in [-0.39, 0.29) is 5.82 Å². The lowest BCUT2D eigenvalue weighted by atomic mass is 10.3. The summed E-state index contributed by atoms with van der Waals surface area (Å²) in [7, 11) is 1.75. The first-order valence-electron chi connectivity index (χ1n) is 4.80. The van der Waals surface area contributed by atoms with Crippen molar-refractivity contribution < 1.29 is 9.13 Å². The number of nitrogen functional groups attached to an aromatic ring is 1. The van der Waals surface area contributed by atoms with E-state index >= 15 is 0 Å². The predicted molar refractivity (Wildman–Crippen MR) is 58.8 cm³/mol. The fourth-order valence-corrected chi connectivity index (χ4v) is 1.39. The molecule has 2 N–H and O–H groups in total. The second-order valence-electron chi connectivity index (χ2n) is 3.53.